The van der Waals surface area contributed by atoms with Crippen LogP contribution in [0.3, 0.4) is 0 Å². The van der Waals surface area contributed by atoms with Crippen molar-refractivity contribution in [1.29, 1.82) is 0 Å². The third-order valence-corrected chi connectivity index (χ3v) is 8.63. The number of anilines is 1. The lowest BCUT2D eigenvalue weighted by molar-refractivity contribution is -0.140. The average molecular weight is 636 g/mol. The first-order valence-corrected chi connectivity index (χ1v) is 15.2. The highest BCUT2D eigenvalue weighted by atomic mass is 35.5. The van der Waals surface area contributed by atoms with Gasteiger partial charge >= 0.3 is 0 Å². The Bertz CT molecular complexity index is 1540. The molecule has 0 bridgehead atoms. The van der Waals surface area contributed by atoms with Gasteiger partial charge in [-0.3, -0.25) is 13.9 Å². The van der Waals surface area contributed by atoms with Gasteiger partial charge in [-0.05, 0) is 61.4 Å². The number of sulfonamides is 1. The second-order valence-corrected chi connectivity index (χ2v) is 11.6. The van der Waals surface area contributed by atoms with E-state index in [9.17, 15) is 22.4 Å². The van der Waals surface area contributed by atoms with Crippen LogP contribution in [0.5, 0.6) is 17.2 Å². The molecule has 3 aromatic carbocycles. The van der Waals surface area contributed by atoms with Crippen LogP contribution in [0.25, 0.3) is 0 Å². The first kappa shape index (κ1) is 33.5. The number of hydrogen-bond donors (Lipinski definition) is 1. The second-order valence-electron chi connectivity index (χ2n) is 9.31. The first-order chi connectivity index (χ1) is 20.5. The summed E-state index contributed by atoms with van der Waals surface area (Å²) in [7, 11) is -0.320. The lowest BCUT2D eigenvalue weighted by Crippen LogP contribution is -2.52. The second kappa shape index (κ2) is 14.9. The van der Waals surface area contributed by atoms with E-state index in [2.05, 4.69) is 5.32 Å². The predicted octanol–water partition coefficient (Wildman–Crippen LogP) is 4.64. The van der Waals surface area contributed by atoms with Gasteiger partial charge in [0.1, 0.15) is 24.2 Å². The molecule has 0 aliphatic rings. The van der Waals surface area contributed by atoms with Crippen LogP contribution < -0.4 is 23.8 Å². The summed E-state index contributed by atoms with van der Waals surface area (Å²) in [5.41, 5.74) is 0.554. The molecule has 0 fully saturated rings. The highest BCUT2D eigenvalue weighted by molar-refractivity contribution is 7.92. The number of halogens is 2. The van der Waals surface area contributed by atoms with Gasteiger partial charge in [0.15, 0.2) is 11.5 Å². The standard InChI is InChI=1S/C30H35ClFN3O7S/c1-6-24(30(37)33-7-2)34(18-20-8-11-22(32)12-9-20)29(36)19-35(25-16-21(31)10-14-26(25)40-3)43(38,39)23-13-15-27(41-4)28(17-23)42-5/h8-17,24H,6-7,18-19H2,1-5H3,(H,33,37)/t24-/m1/s1. The average Bonchev–Trinajstić information content (AvgIpc) is 3.00. The summed E-state index contributed by atoms with van der Waals surface area (Å²) in [4.78, 5) is 28.3. The van der Waals surface area contributed by atoms with Crippen LogP contribution in [-0.4, -0.2) is 65.6 Å². The van der Waals surface area contributed by atoms with Crippen LogP contribution >= 0.6 is 11.6 Å². The number of hydrogen-bond acceptors (Lipinski definition) is 7. The van der Waals surface area contributed by atoms with E-state index in [0.717, 1.165) is 4.31 Å². The van der Waals surface area contributed by atoms with Crippen molar-refractivity contribution in [2.75, 3.05) is 38.7 Å². The number of nitrogens with zero attached hydrogens (tertiary/aromatic N) is 2. The van der Waals surface area contributed by atoms with Crippen LogP contribution in [-0.2, 0) is 26.2 Å². The fraction of sp³-hybridized carbons (Fsp3) is 0.333. The van der Waals surface area contributed by atoms with Crippen LogP contribution in [0.2, 0.25) is 5.02 Å². The fourth-order valence-corrected chi connectivity index (χ4v) is 6.07. The van der Waals surface area contributed by atoms with E-state index >= 15 is 0 Å². The molecule has 1 atom stereocenters. The molecule has 0 aliphatic carbocycles. The molecule has 13 heteroatoms. The number of nitrogens with one attached hydrogen (secondary N) is 1. The largest absolute Gasteiger partial charge is 0.495 e. The summed E-state index contributed by atoms with van der Waals surface area (Å²) in [5.74, 6) is -0.945. The quantitative estimate of drug-likeness (QED) is 0.274. The van der Waals surface area contributed by atoms with E-state index < -0.39 is 40.2 Å². The van der Waals surface area contributed by atoms with E-state index in [1.165, 1.54) is 86.9 Å². The summed E-state index contributed by atoms with van der Waals surface area (Å²) < 4.78 is 59.0. The van der Waals surface area contributed by atoms with Crippen LogP contribution in [0.1, 0.15) is 25.8 Å². The summed E-state index contributed by atoms with van der Waals surface area (Å²) >= 11 is 6.28. The molecule has 2 amide bonds. The van der Waals surface area contributed by atoms with Crippen molar-refractivity contribution >= 4 is 39.1 Å². The summed E-state index contributed by atoms with van der Waals surface area (Å²) in [6, 6.07) is 13.0. The Morgan fingerprint density at radius 2 is 1.53 bits per heavy atom. The molecule has 10 nitrogen and oxygen atoms in total. The molecule has 3 aromatic rings. The van der Waals surface area contributed by atoms with E-state index in [0.29, 0.717) is 17.9 Å². The topological polar surface area (TPSA) is 114 Å². The molecule has 0 radical (unpaired) electrons. The maximum Gasteiger partial charge on any atom is 0.265 e. The lowest BCUT2D eigenvalue weighted by Gasteiger charge is -2.33. The Balaban J connectivity index is 2.17. The van der Waals surface area contributed by atoms with Crippen molar-refractivity contribution in [2.24, 2.45) is 0 Å². The van der Waals surface area contributed by atoms with Gasteiger partial charge in [0, 0.05) is 24.2 Å². The molecular formula is C30H35ClFN3O7S. The number of ether oxygens (including phenoxy) is 3. The van der Waals surface area contributed by atoms with Crippen molar-refractivity contribution in [1.82, 2.24) is 10.2 Å². The predicted molar refractivity (Wildman–Crippen MR) is 162 cm³/mol. The maximum atomic E-state index is 14.2. The lowest BCUT2D eigenvalue weighted by atomic mass is 10.1. The number of methoxy groups -OCH3 is 3. The smallest absolute Gasteiger partial charge is 0.265 e. The molecule has 0 saturated carbocycles. The minimum atomic E-state index is -4.47. The fourth-order valence-electron chi connectivity index (χ4n) is 4.47. The number of carbonyl (C=O) groups excluding carboxylic acids is 2. The summed E-state index contributed by atoms with van der Waals surface area (Å²) in [5, 5.41) is 2.93. The maximum absolute atomic E-state index is 14.2. The Hall–Kier alpha value is -4.03. The monoisotopic (exact) mass is 635 g/mol. The van der Waals surface area contributed by atoms with Gasteiger partial charge < -0.3 is 24.4 Å². The molecule has 0 aliphatic heterocycles. The molecule has 0 saturated heterocycles. The van der Waals surface area contributed by atoms with Crippen molar-refractivity contribution in [2.45, 2.75) is 37.8 Å². The van der Waals surface area contributed by atoms with E-state index in [-0.39, 0.29) is 40.1 Å². The van der Waals surface area contributed by atoms with Gasteiger partial charge in [0.25, 0.3) is 10.0 Å². The summed E-state index contributed by atoms with van der Waals surface area (Å²) in [6.45, 7) is 3.02. The van der Waals surface area contributed by atoms with E-state index in [4.69, 9.17) is 25.8 Å². The number of amides is 2. The van der Waals surface area contributed by atoms with Crippen molar-refractivity contribution < 1.29 is 36.6 Å². The van der Waals surface area contributed by atoms with Crippen LogP contribution in [0.4, 0.5) is 10.1 Å². The molecule has 3 rings (SSSR count). The third kappa shape index (κ3) is 7.88. The molecular weight excluding hydrogens is 601 g/mol. The molecule has 232 valence electrons. The Morgan fingerprint density at radius 3 is 2.12 bits per heavy atom. The number of rotatable bonds is 14. The molecule has 0 unspecified atom stereocenters. The molecule has 0 heterocycles. The highest BCUT2D eigenvalue weighted by Crippen LogP contribution is 2.37. The number of carbonyl (C=O) groups is 2. The van der Waals surface area contributed by atoms with Gasteiger partial charge in [-0.1, -0.05) is 30.7 Å². The van der Waals surface area contributed by atoms with Crippen molar-refractivity contribution in [3.8, 4) is 17.2 Å². The van der Waals surface area contributed by atoms with Crippen molar-refractivity contribution in [3.63, 3.8) is 0 Å². The zero-order valence-electron chi connectivity index (χ0n) is 24.6. The number of benzene rings is 3. The first-order valence-electron chi connectivity index (χ1n) is 13.4. The van der Waals surface area contributed by atoms with Gasteiger partial charge in [0.05, 0.1) is 31.9 Å². The SMILES string of the molecule is CCNC(=O)[C@@H](CC)N(Cc1ccc(F)cc1)C(=O)CN(c1cc(Cl)ccc1OC)S(=O)(=O)c1ccc(OC)c(OC)c1. The van der Waals surface area contributed by atoms with Gasteiger partial charge in [-0.15, -0.1) is 0 Å². The Kier molecular flexibility index (Phi) is 11.6. The third-order valence-electron chi connectivity index (χ3n) is 6.63. The minimum Gasteiger partial charge on any atom is -0.495 e. The number of likely N-dealkylation sites (N-methyl/N-ethyl adjacent to an activating group) is 1. The molecule has 1 N–H and O–H groups in total. The van der Waals surface area contributed by atoms with Gasteiger partial charge in [0.2, 0.25) is 11.8 Å². The zero-order chi connectivity index (χ0) is 31.7. The normalized spacial score (nSPS) is 11.8. The summed E-state index contributed by atoms with van der Waals surface area (Å²) in [6.07, 6.45) is 0.238. The molecule has 43 heavy (non-hydrogen) atoms. The van der Waals surface area contributed by atoms with E-state index in [1.807, 2.05) is 0 Å². The Labute approximate surface area is 256 Å². The van der Waals surface area contributed by atoms with Crippen molar-refractivity contribution in [3.05, 3.63) is 77.1 Å². The van der Waals surface area contributed by atoms with Gasteiger partial charge in [-0.25, -0.2) is 12.8 Å². The molecule has 0 spiro atoms. The molecule has 0 aromatic heterocycles. The Morgan fingerprint density at radius 1 is 0.907 bits per heavy atom. The van der Waals surface area contributed by atoms with Crippen LogP contribution in [0, 0.1) is 5.82 Å². The highest BCUT2D eigenvalue weighted by Gasteiger charge is 2.35. The zero-order valence-corrected chi connectivity index (χ0v) is 26.2. The minimum absolute atomic E-state index is 0.00549. The van der Waals surface area contributed by atoms with Gasteiger partial charge in [-0.2, -0.15) is 0 Å². The van der Waals surface area contributed by atoms with E-state index in [1.54, 1.807) is 13.8 Å². The van der Waals surface area contributed by atoms with Crippen LogP contribution in [0.15, 0.2) is 65.6 Å².